The number of benzene rings is 1. The summed E-state index contributed by atoms with van der Waals surface area (Å²) < 4.78 is 23.7. The third-order valence-electron chi connectivity index (χ3n) is 5.38. The van der Waals surface area contributed by atoms with E-state index < -0.39 is 60.5 Å². The summed E-state index contributed by atoms with van der Waals surface area (Å²) in [5.41, 5.74) is -3.41. The number of halogens is 1. The number of carbonyl (C=O) groups is 1. The molecule has 1 aromatic heterocycles. The van der Waals surface area contributed by atoms with E-state index >= 15 is 0 Å². The van der Waals surface area contributed by atoms with Gasteiger partial charge >= 0.3 is 18.3 Å². The number of aliphatic hydroxyl groups excluding tert-OH is 1. The summed E-state index contributed by atoms with van der Waals surface area (Å²) in [4.78, 5) is 38.1. The minimum atomic E-state index is -3.54. The second kappa shape index (κ2) is 11.7. The van der Waals surface area contributed by atoms with Gasteiger partial charge in [-0.05, 0) is 51.6 Å². The van der Waals surface area contributed by atoms with Gasteiger partial charge in [0.05, 0.1) is 17.7 Å². The molecule has 0 amide bonds. The number of H-pyrrole nitrogens is 1. The van der Waals surface area contributed by atoms with Crippen LogP contribution in [0.2, 0.25) is 5.02 Å². The number of carbonyl (C=O) groups excluding carboxylic acids is 1. The molecule has 1 aromatic carbocycles. The Balaban J connectivity index is 1.83. The van der Waals surface area contributed by atoms with Crippen molar-refractivity contribution in [2.75, 3.05) is 6.61 Å². The molecule has 0 spiro atoms. The fourth-order valence-electron chi connectivity index (χ4n) is 3.52. The van der Waals surface area contributed by atoms with E-state index in [9.17, 15) is 24.6 Å². The van der Waals surface area contributed by atoms with Crippen molar-refractivity contribution < 1.29 is 33.5 Å². The number of aliphatic hydroxyl groups is 2. The van der Waals surface area contributed by atoms with Gasteiger partial charge in [0, 0.05) is 12.3 Å². The van der Waals surface area contributed by atoms with Crippen molar-refractivity contribution in [2.24, 2.45) is 0 Å². The summed E-state index contributed by atoms with van der Waals surface area (Å²) in [6.45, 7) is 2.26. The van der Waals surface area contributed by atoms with Gasteiger partial charge in [-0.3, -0.25) is 19.1 Å². The van der Waals surface area contributed by atoms with E-state index in [4.69, 9.17) is 41.9 Å². The quantitative estimate of drug-likeness (QED) is 0.239. The van der Waals surface area contributed by atoms with Crippen molar-refractivity contribution in [3.8, 4) is 5.75 Å². The number of nitrogens with one attached hydrogen (secondary N) is 2. The van der Waals surface area contributed by atoms with Crippen LogP contribution in [0.5, 0.6) is 5.75 Å². The fraction of sp³-hybridized carbons (Fsp3) is 0.500. The highest BCUT2D eigenvalue weighted by Crippen LogP contribution is 2.48. The second-order valence-electron chi connectivity index (χ2n) is 8.87. The molecule has 204 valence electrons. The number of nitrogens with zero attached hydrogens (tertiary/aromatic N) is 1. The van der Waals surface area contributed by atoms with Gasteiger partial charge in [-0.25, -0.2) is 9.88 Å². The Morgan fingerprint density at radius 1 is 1.32 bits per heavy atom. The lowest BCUT2D eigenvalue weighted by Gasteiger charge is -2.29. The van der Waals surface area contributed by atoms with Gasteiger partial charge < -0.3 is 28.7 Å². The minimum absolute atomic E-state index is 0.196. The maximum absolute atomic E-state index is 12.4. The van der Waals surface area contributed by atoms with Crippen LogP contribution in [0.25, 0.3) is 0 Å². The average molecular weight is 578 g/mol. The van der Waals surface area contributed by atoms with Crippen molar-refractivity contribution in [3.05, 3.63) is 62.4 Å². The van der Waals surface area contributed by atoms with Gasteiger partial charge in [-0.2, -0.15) is 0 Å². The number of esters is 1. The first-order valence-corrected chi connectivity index (χ1v) is 14.3. The lowest BCUT2D eigenvalue weighted by Crippen LogP contribution is -2.47. The zero-order valence-electron chi connectivity index (χ0n) is 20.5. The van der Waals surface area contributed by atoms with Crippen LogP contribution in [0.15, 0.2) is 46.1 Å². The molecule has 2 unspecified atom stereocenters. The summed E-state index contributed by atoms with van der Waals surface area (Å²) in [7, 11) is 0. The maximum atomic E-state index is 12.4. The Morgan fingerprint density at radius 3 is 2.62 bits per heavy atom. The topological polar surface area (TPSA) is 161 Å². The molecular weight excluding hydrogens is 549 g/mol. The molecule has 1 aliphatic rings. The maximum Gasteiger partial charge on any atom is 0.330 e. The summed E-state index contributed by atoms with van der Waals surface area (Å²) in [5, 5.41) is 24.8. The SMILES string of the molecule is CC(C)OC(=O)C(C)NP(=S)(OC[C@H]1O[C@@H](n2ccc(=O)[nH]c2=O)[C@](C)(O)[C@@H]1O)Oc1ccccc1Cl. The lowest BCUT2D eigenvalue weighted by atomic mass is 9.96. The number of hydrogen-bond donors (Lipinski definition) is 4. The molecule has 1 saturated heterocycles. The fourth-order valence-corrected chi connectivity index (χ4v) is 6.17. The predicted molar refractivity (Wildman–Crippen MR) is 138 cm³/mol. The van der Waals surface area contributed by atoms with Crippen LogP contribution in [-0.2, 0) is 30.6 Å². The molecule has 3 rings (SSSR count). The van der Waals surface area contributed by atoms with Crippen LogP contribution in [-0.4, -0.2) is 62.3 Å². The van der Waals surface area contributed by atoms with E-state index in [2.05, 4.69) is 10.1 Å². The van der Waals surface area contributed by atoms with E-state index in [0.29, 0.717) is 0 Å². The van der Waals surface area contributed by atoms with Crippen molar-refractivity contribution in [1.82, 2.24) is 14.6 Å². The smallest absolute Gasteiger partial charge is 0.330 e. The van der Waals surface area contributed by atoms with Crippen LogP contribution in [0.4, 0.5) is 0 Å². The van der Waals surface area contributed by atoms with Crippen LogP contribution < -0.4 is 20.9 Å². The lowest BCUT2D eigenvalue weighted by molar-refractivity contribution is -0.149. The summed E-state index contributed by atoms with van der Waals surface area (Å²) in [6, 6.07) is 6.66. The van der Waals surface area contributed by atoms with Gasteiger partial charge in [-0.15, -0.1) is 0 Å². The molecule has 1 aliphatic heterocycles. The molecule has 0 saturated carbocycles. The Labute approximate surface area is 222 Å². The highest BCUT2D eigenvalue weighted by atomic mass is 35.5. The normalized spacial score (nSPS) is 26.0. The van der Waals surface area contributed by atoms with Crippen molar-refractivity contribution >= 4 is 36.0 Å². The molecule has 12 nitrogen and oxygen atoms in total. The molecular formula is C22H29ClN3O9PS. The molecule has 6 atom stereocenters. The Bertz CT molecular complexity index is 1280. The van der Waals surface area contributed by atoms with E-state index in [1.165, 1.54) is 13.8 Å². The van der Waals surface area contributed by atoms with Crippen LogP contribution in [0.3, 0.4) is 0 Å². The highest BCUT2D eigenvalue weighted by molar-refractivity contribution is 8.09. The first kappa shape index (κ1) is 29.5. The largest absolute Gasteiger partial charge is 0.462 e. The van der Waals surface area contributed by atoms with E-state index in [-0.39, 0.29) is 16.9 Å². The van der Waals surface area contributed by atoms with Gasteiger partial charge in [0.25, 0.3) is 5.56 Å². The Hall–Kier alpha value is -2.09. The molecule has 4 N–H and O–H groups in total. The van der Waals surface area contributed by atoms with Crippen molar-refractivity contribution in [3.63, 3.8) is 0 Å². The number of aromatic nitrogens is 2. The zero-order chi connectivity index (χ0) is 27.5. The standard InChI is InChI=1S/C22H29ClN3O9PS/c1-12(2)33-19(29)13(3)25-36(37,35-15-8-6-5-7-14(15)23)32-11-16-18(28)22(4,31)20(34-16)26-10-9-17(27)24-21(26)30/h5-10,12-13,16,18,20,28,31H,11H2,1-4H3,(H,25,37)(H,24,27,30)/t13?,16-,18-,20-,22-,36?/m1/s1. The third-order valence-corrected chi connectivity index (χ3v) is 8.18. The van der Waals surface area contributed by atoms with Gasteiger partial charge in [-0.1, -0.05) is 23.7 Å². The highest BCUT2D eigenvalue weighted by Gasteiger charge is 2.54. The molecule has 1 fully saturated rings. The van der Waals surface area contributed by atoms with Crippen LogP contribution >= 0.6 is 18.2 Å². The molecule has 0 radical (unpaired) electrons. The summed E-state index contributed by atoms with van der Waals surface area (Å²) >= 11 is 11.9. The number of ether oxygens (including phenoxy) is 2. The Morgan fingerprint density at radius 2 is 2.00 bits per heavy atom. The van der Waals surface area contributed by atoms with E-state index in [1.807, 2.05) is 0 Å². The van der Waals surface area contributed by atoms with Gasteiger partial charge in [0.2, 0.25) is 0 Å². The summed E-state index contributed by atoms with van der Waals surface area (Å²) in [6.07, 6.45) is -3.27. The second-order valence-corrected chi connectivity index (χ2v) is 12.4. The number of para-hydroxylation sites is 1. The summed E-state index contributed by atoms with van der Waals surface area (Å²) in [5.74, 6) is -0.393. The molecule has 0 bridgehead atoms. The van der Waals surface area contributed by atoms with Crippen LogP contribution in [0, 0.1) is 0 Å². The predicted octanol–water partition coefficient (Wildman–Crippen LogP) is 1.45. The van der Waals surface area contributed by atoms with Crippen molar-refractivity contribution in [2.45, 2.75) is 63.9 Å². The van der Waals surface area contributed by atoms with Gasteiger partial charge in [0.15, 0.2) is 6.23 Å². The number of aromatic amines is 1. The van der Waals surface area contributed by atoms with Crippen molar-refractivity contribution in [1.29, 1.82) is 0 Å². The monoisotopic (exact) mass is 577 g/mol. The third kappa shape index (κ3) is 7.06. The zero-order valence-corrected chi connectivity index (χ0v) is 23.0. The molecule has 15 heteroatoms. The first-order chi connectivity index (χ1) is 17.2. The van der Waals surface area contributed by atoms with E-state index in [1.54, 1.807) is 38.1 Å². The molecule has 37 heavy (non-hydrogen) atoms. The average Bonchev–Trinajstić information content (AvgIpc) is 3.02. The molecule has 0 aliphatic carbocycles. The van der Waals surface area contributed by atoms with Gasteiger partial charge in [0.1, 0.15) is 29.6 Å². The first-order valence-electron chi connectivity index (χ1n) is 11.3. The van der Waals surface area contributed by atoms with E-state index in [0.717, 1.165) is 16.8 Å². The molecule has 2 heterocycles. The van der Waals surface area contributed by atoms with Crippen LogP contribution in [0.1, 0.15) is 33.9 Å². The Kier molecular flexibility index (Phi) is 9.36. The molecule has 2 aromatic rings. The number of hydrogen-bond acceptors (Lipinski definition) is 10. The minimum Gasteiger partial charge on any atom is -0.462 e. The number of rotatable bonds is 10.